The molecule has 0 atom stereocenters. The van der Waals surface area contributed by atoms with E-state index in [4.69, 9.17) is 22.8 Å². The molecule has 0 aliphatic rings. The zero-order valence-corrected chi connectivity index (χ0v) is 12.2. The molecule has 0 saturated carbocycles. The molecule has 0 bridgehead atoms. The van der Waals surface area contributed by atoms with Crippen LogP contribution in [0.5, 0.6) is 11.6 Å². The van der Waals surface area contributed by atoms with Gasteiger partial charge in [0.25, 0.3) is 0 Å². The molecule has 2 aromatic rings. The van der Waals surface area contributed by atoms with Gasteiger partial charge in [-0.15, -0.1) is 6.42 Å². The van der Waals surface area contributed by atoms with Crippen LogP contribution >= 0.6 is 11.6 Å². The second kappa shape index (κ2) is 6.78. The predicted molar refractivity (Wildman–Crippen MR) is 82.7 cm³/mol. The Kier molecular flexibility index (Phi) is 4.81. The average molecular weight is 301 g/mol. The molecule has 0 unspecified atom stereocenters. The van der Waals surface area contributed by atoms with E-state index in [0.29, 0.717) is 28.7 Å². The molecule has 5 heteroatoms. The van der Waals surface area contributed by atoms with Gasteiger partial charge in [-0.3, -0.25) is 9.69 Å². The molecular formula is C16H13ClN2O2. The van der Waals surface area contributed by atoms with Crippen LogP contribution in [0.2, 0.25) is 5.02 Å². The summed E-state index contributed by atoms with van der Waals surface area (Å²) >= 11 is 5.92. The van der Waals surface area contributed by atoms with E-state index in [1.165, 1.54) is 4.90 Å². The molecule has 0 saturated heterocycles. The summed E-state index contributed by atoms with van der Waals surface area (Å²) in [6.07, 6.45) is 7.50. The zero-order chi connectivity index (χ0) is 15.2. The number of anilines is 1. The molecule has 0 N–H and O–H groups in total. The Balaban J connectivity index is 2.36. The Morgan fingerprint density at radius 1 is 1.48 bits per heavy atom. The van der Waals surface area contributed by atoms with Gasteiger partial charge in [-0.05, 0) is 42.8 Å². The van der Waals surface area contributed by atoms with Crippen LogP contribution in [0, 0.1) is 19.3 Å². The molecule has 1 aromatic carbocycles. The van der Waals surface area contributed by atoms with Crippen molar-refractivity contribution in [2.24, 2.45) is 0 Å². The van der Waals surface area contributed by atoms with E-state index in [2.05, 4.69) is 10.9 Å². The highest BCUT2D eigenvalue weighted by Gasteiger charge is 2.13. The molecule has 4 nitrogen and oxygen atoms in total. The smallest absolute Gasteiger partial charge is 0.243 e. The second-order valence-corrected chi connectivity index (χ2v) is 4.71. The number of halogens is 1. The van der Waals surface area contributed by atoms with Crippen molar-refractivity contribution in [3.8, 4) is 24.0 Å². The van der Waals surface area contributed by atoms with Crippen molar-refractivity contribution in [1.29, 1.82) is 0 Å². The lowest BCUT2D eigenvalue weighted by Crippen LogP contribution is -2.21. The second-order valence-electron chi connectivity index (χ2n) is 4.28. The number of hydrogen-bond acceptors (Lipinski definition) is 3. The summed E-state index contributed by atoms with van der Waals surface area (Å²) in [5.41, 5.74) is 1.38. The minimum Gasteiger partial charge on any atom is -0.437 e. The first-order valence-corrected chi connectivity index (χ1v) is 6.58. The van der Waals surface area contributed by atoms with Gasteiger partial charge in [0.1, 0.15) is 11.4 Å². The van der Waals surface area contributed by atoms with Gasteiger partial charge in [0.15, 0.2) is 0 Å². The maximum absolute atomic E-state index is 11.1. The van der Waals surface area contributed by atoms with Crippen LogP contribution in [0.15, 0.2) is 36.5 Å². The summed E-state index contributed by atoms with van der Waals surface area (Å²) < 4.78 is 5.79. The van der Waals surface area contributed by atoms with E-state index in [-0.39, 0.29) is 6.54 Å². The molecule has 21 heavy (non-hydrogen) atoms. The lowest BCUT2D eigenvalue weighted by Gasteiger charge is -2.18. The Morgan fingerprint density at radius 3 is 2.95 bits per heavy atom. The summed E-state index contributed by atoms with van der Waals surface area (Å²) in [5.74, 6) is 3.35. The van der Waals surface area contributed by atoms with Gasteiger partial charge >= 0.3 is 0 Å². The highest BCUT2D eigenvalue weighted by molar-refractivity contribution is 6.30. The number of carbonyl (C=O) groups is 1. The van der Waals surface area contributed by atoms with Crippen LogP contribution in [0.4, 0.5) is 5.69 Å². The third-order valence-corrected chi connectivity index (χ3v) is 3.03. The number of amides is 1. The fourth-order valence-corrected chi connectivity index (χ4v) is 2.02. The monoisotopic (exact) mass is 300 g/mol. The number of hydrogen-bond donors (Lipinski definition) is 0. The molecule has 0 fully saturated rings. The van der Waals surface area contributed by atoms with E-state index >= 15 is 0 Å². The zero-order valence-electron chi connectivity index (χ0n) is 11.4. The number of carbonyl (C=O) groups excluding carboxylic acids is 1. The van der Waals surface area contributed by atoms with Gasteiger partial charge in [-0.25, -0.2) is 4.98 Å². The largest absolute Gasteiger partial charge is 0.437 e. The van der Waals surface area contributed by atoms with Crippen molar-refractivity contribution in [3.05, 3.63) is 47.1 Å². The number of pyridine rings is 1. The molecule has 1 amide bonds. The summed E-state index contributed by atoms with van der Waals surface area (Å²) in [6.45, 7) is 2.02. The number of benzene rings is 1. The number of ether oxygens (including phenoxy) is 1. The van der Waals surface area contributed by atoms with Crippen molar-refractivity contribution in [2.45, 2.75) is 6.92 Å². The SMILES string of the molecule is C#CCN(C=O)c1cccnc1Oc1ccc(Cl)cc1C. The van der Waals surface area contributed by atoms with Crippen molar-refractivity contribution in [3.63, 3.8) is 0 Å². The fraction of sp³-hybridized carbons (Fsp3) is 0.125. The van der Waals surface area contributed by atoms with Gasteiger partial charge < -0.3 is 4.74 Å². The molecule has 0 spiro atoms. The number of nitrogens with zero attached hydrogens (tertiary/aromatic N) is 2. The molecule has 106 valence electrons. The minimum atomic E-state index is 0.144. The first-order chi connectivity index (χ1) is 10.2. The van der Waals surface area contributed by atoms with Gasteiger partial charge in [0.2, 0.25) is 12.3 Å². The number of terminal acetylenes is 1. The van der Waals surface area contributed by atoms with Crippen LogP contribution in [0.1, 0.15) is 5.56 Å². The number of aromatic nitrogens is 1. The highest BCUT2D eigenvalue weighted by atomic mass is 35.5. The quantitative estimate of drug-likeness (QED) is 0.627. The van der Waals surface area contributed by atoms with Gasteiger partial charge in [0, 0.05) is 11.2 Å². The first kappa shape index (κ1) is 14.9. The maximum Gasteiger partial charge on any atom is 0.243 e. The van der Waals surface area contributed by atoms with E-state index in [0.717, 1.165) is 5.56 Å². The molecule has 1 heterocycles. The van der Waals surface area contributed by atoms with E-state index in [1.807, 2.05) is 6.92 Å². The maximum atomic E-state index is 11.1. The number of aryl methyl sites for hydroxylation is 1. The van der Waals surface area contributed by atoms with Crippen LogP contribution in [-0.2, 0) is 4.79 Å². The van der Waals surface area contributed by atoms with Crippen molar-refractivity contribution >= 4 is 23.7 Å². The molecular weight excluding hydrogens is 288 g/mol. The molecule has 1 aromatic heterocycles. The Hall–Kier alpha value is -2.51. The van der Waals surface area contributed by atoms with Crippen molar-refractivity contribution in [1.82, 2.24) is 4.98 Å². The summed E-state index contributed by atoms with van der Waals surface area (Å²) in [5, 5.41) is 0.628. The van der Waals surface area contributed by atoms with Gasteiger partial charge in [0.05, 0.1) is 6.54 Å². The topological polar surface area (TPSA) is 42.4 Å². The Bertz CT molecular complexity index is 695. The van der Waals surface area contributed by atoms with Crippen molar-refractivity contribution < 1.29 is 9.53 Å². The minimum absolute atomic E-state index is 0.144. The predicted octanol–water partition coefficient (Wildman–Crippen LogP) is 3.43. The third-order valence-electron chi connectivity index (χ3n) is 2.79. The van der Waals surface area contributed by atoms with Crippen LogP contribution in [0.25, 0.3) is 0 Å². The van der Waals surface area contributed by atoms with Gasteiger partial charge in [-0.1, -0.05) is 17.5 Å². The lowest BCUT2D eigenvalue weighted by atomic mass is 10.2. The highest BCUT2D eigenvalue weighted by Crippen LogP contribution is 2.31. The van der Waals surface area contributed by atoms with Crippen LogP contribution in [0.3, 0.4) is 0 Å². The fourth-order valence-electron chi connectivity index (χ4n) is 1.79. The lowest BCUT2D eigenvalue weighted by molar-refractivity contribution is -0.107. The summed E-state index contributed by atoms with van der Waals surface area (Å²) in [6, 6.07) is 8.70. The van der Waals surface area contributed by atoms with E-state index in [9.17, 15) is 4.79 Å². The molecule has 0 radical (unpaired) electrons. The average Bonchev–Trinajstić information content (AvgIpc) is 2.48. The van der Waals surface area contributed by atoms with E-state index in [1.54, 1.807) is 36.5 Å². The number of rotatable bonds is 5. The van der Waals surface area contributed by atoms with E-state index < -0.39 is 0 Å². The third kappa shape index (κ3) is 3.53. The molecule has 0 aliphatic carbocycles. The molecule has 0 aliphatic heterocycles. The van der Waals surface area contributed by atoms with Crippen molar-refractivity contribution in [2.75, 3.05) is 11.4 Å². The van der Waals surface area contributed by atoms with Crippen LogP contribution < -0.4 is 9.64 Å². The Morgan fingerprint density at radius 2 is 2.29 bits per heavy atom. The summed E-state index contributed by atoms with van der Waals surface area (Å²) in [4.78, 5) is 16.7. The standard InChI is InChI=1S/C16H13ClN2O2/c1-3-9-19(11-20)14-5-4-8-18-16(14)21-15-7-6-13(17)10-12(15)2/h1,4-8,10-11H,9H2,2H3. The van der Waals surface area contributed by atoms with Crippen LogP contribution in [-0.4, -0.2) is 17.9 Å². The Labute approximate surface area is 128 Å². The van der Waals surface area contributed by atoms with Gasteiger partial charge in [-0.2, -0.15) is 0 Å². The summed E-state index contributed by atoms with van der Waals surface area (Å²) in [7, 11) is 0. The normalized spacial score (nSPS) is 9.76. The first-order valence-electron chi connectivity index (χ1n) is 6.20. The molecule has 2 rings (SSSR count).